The molecular weight excluding hydrogens is 222 g/mol. The Morgan fingerprint density at radius 2 is 2.29 bits per heavy atom. The Balaban J connectivity index is 1.90. The summed E-state index contributed by atoms with van der Waals surface area (Å²) in [4.78, 5) is 24.7. The van der Waals surface area contributed by atoms with Gasteiger partial charge in [0, 0.05) is 25.1 Å². The summed E-state index contributed by atoms with van der Waals surface area (Å²) < 4.78 is 5.65. The Bertz CT molecular complexity index is 494. The molecule has 2 N–H and O–H groups in total. The highest BCUT2D eigenvalue weighted by Gasteiger charge is 2.34. The number of likely N-dealkylation sites (N-methyl/N-ethyl adjacent to an activating group) is 1. The number of urea groups is 1. The van der Waals surface area contributed by atoms with Crippen molar-refractivity contribution in [3.63, 3.8) is 0 Å². The summed E-state index contributed by atoms with van der Waals surface area (Å²) in [5.74, 6) is 1.09. The minimum absolute atomic E-state index is 0.352. The van der Waals surface area contributed by atoms with Crippen molar-refractivity contribution in [2.24, 2.45) is 0 Å². The van der Waals surface area contributed by atoms with E-state index in [0.717, 1.165) is 30.8 Å². The van der Waals surface area contributed by atoms with E-state index in [1.54, 1.807) is 0 Å². The maximum Gasteiger partial charge on any atom is 0.322 e. The maximum absolute atomic E-state index is 11.5. The van der Waals surface area contributed by atoms with E-state index in [-0.39, 0.29) is 5.91 Å². The Morgan fingerprint density at radius 1 is 1.47 bits per heavy atom. The third-order valence-corrected chi connectivity index (χ3v) is 3.14. The highest BCUT2D eigenvalue weighted by molar-refractivity contribution is 6.04. The maximum atomic E-state index is 11.5. The summed E-state index contributed by atoms with van der Waals surface area (Å²) in [7, 11) is 2.04. The zero-order valence-corrected chi connectivity index (χ0v) is 9.45. The summed E-state index contributed by atoms with van der Waals surface area (Å²) in [6, 6.07) is 0.714. The molecule has 0 aromatic carbocycles. The SMILES string of the molecule is CN1CCc2oc([C@@H]3NC(=O)NC3=O)cc2C1. The molecule has 0 aliphatic carbocycles. The lowest BCUT2D eigenvalue weighted by Gasteiger charge is -2.20. The summed E-state index contributed by atoms with van der Waals surface area (Å²) >= 11 is 0. The highest BCUT2D eigenvalue weighted by atomic mass is 16.3. The van der Waals surface area contributed by atoms with Crippen molar-refractivity contribution in [1.29, 1.82) is 0 Å². The number of hydrogen-bond acceptors (Lipinski definition) is 4. The van der Waals surface area contributed by atoms with Crippen LogP contribution in [0.2, 0.25) is 0 Å². The number of carbonyl (C=O) groups is 2. The first kappa shape index (κ1) is 10.3. The van der Waals surface area contributed by atoms with Crippen molar-refractivity contribution < 1.29 is 14.0 Å². The highest BCUT2D eigenvalue weighted by Crippen LogP contribution is 2.27. The van der Waals surface area contributed by atoms with Crippen LogP contribution in [0.25, 0.3) is 0 Å². The van der Waals surface area contributed by atoms with E-state index in [1.165, 1.54) is 0 Å². The van der Waals surface area contributed by atoms with Gasteiger partial charge in [-0.05, 0) is 13.1 Å². The number of imide groups is 1. The molecule has 1 aromatic rings. The molecule has 90 valence electrons. The van der Waals surface area contributed by atoms with Gasteiger partial charge in [-0.2, -0.15) is 0 Å². The van der Waals surface area contributed by atoms with Crippen LogP contribution in [0.5, 0.6) is 0 Å². The molecule has 0 bridgehead atoms. The summed E-state index contributed by atoms with van der Waals surface area (Å²) in [5, 5.41) is 4.73. The zero-order valence-electron chi connectivity index (χ0n) is 9.45. The minimum Gasteiger partial charge on any atom is -0.463 e. The van der Waals surface area contributed by atoms with Crippen molar-refractivity contribution in [3.8, 4) is 0 Å². The van der Waals surface area contributed by atoms with E-state index in [1.807, 2.05) is 13.1 Å². The zero-order chi connectivity index (χ0) is 12.0. The molecule has 17 heavy (non-hydrogen) atoms. The van der Waals surface area contributed by atoms with E-state index in [9.17, 15) is 9.59 Å². The smallest absolute Gasteiger partial charge is 0.322 e. The quantitative estimate of drug-likeness (QED) is 0.679. The monoisotopic (exact) mass is 235 g/mol. The van der Waals surface area contributed by atoms with E-state index >= 15 is 0 Å². The Labute approximate surface area is 98.0 Å². The van der Waals surface area contributed by atoms with Gasteiger partial charge < -0.3 is 14.6 Å². The predicted octanol–water partition coefficient (Wildman–Crippen LogP) is 0.148. The number of amides is 3. The fourth-order valence-corrected chi connectivity index (χ4v) is 2.26. The van der Waals surface area contributed by atoms with Crippen molar-refractivity contribution in [2.75, 3.05) is 13.6 Å². The number of carbonyl (C=O) groups excluding carboxylic acids is 2. The fraction of sp³-hybridized carbons (Fsp3) is 0.455. The van der Waals surface area contributed by atoms with Crippen molar-refractivity contribution in [1.82, 2.24) is 15.5 Å². The molecule has 0 radical (unpaired) electrons. The molecule has 1 aromatic heterocycles. The Morgan fingerprint density at radius 3 is 3.00 bits per heavy atom. The van der Waals surface area contributed by atoms with Crippen LogP contribution < -0.4 is 10.6 Å². The second-order valence-electron chi connectivity index (χ2n) is 4.48. The van der Waals surface area contributed by atoms with Gasteiger partial charge in [-0.3, -0.25) is 10.1 Å². The van der Waals surface area contributed by atoms with Gasteiger partial charge in [0.2, 0.25) is 0 Å². The molecule has 0 spiro atoms. The van der Waals surface area contributed by atoms with Gasteiger partial charge >= 0.3 is 6.03 Å². The van der Waals surface area contributed by atoms with Gasteiger partial charge in [0.05, 0.1) is 0 Å². The van der Waals surface area contributed by atoms with Crippen LogP contribution in [-0.4, -0.2) is 30.4 Å². The third kappa shape index (κ3) is 1.70. The average molecular weight is 235 g/mol. The lowest BCUT2D eigenvalue weighted by molar-refractivity contribution is -0.120. The van der Waals surface area contributed by atoms with Crippen molar-refractivity contribution in [3.05, 3.63) is 23.2 Å². The van der Waals surface area contributed by atoms with Crippen LogP contribution in [0.15, 0.2) is 10.5 Å². The van der Waals surface area contributed by atoms with E-state index in [2.05, 4.69) is 15.5 Å². The lowest BCUT2D eigenvalue weighted by Crippen LogP contribution is -2.25. The molecular formula is C11H13N3O3. The largest absolute Gasteiger partial charge is 0.463 e. The van der Waals surface area contributed by atoms with Gasteiger partial charge in [-0.1, -0.05) is 0 Å². The number of nitrogens with zero attached hydrogens (tertiary/aromatic N) is 1. The van der Waals surface area contributed by atoms with Crippen LogP contribution in [0, 0.1) is 0 Å². The molecule has 1 atom stereocenters. The van der Waals surface area contributed by atoms with E-state index < -0.39 is 12.1 Å². The average Bonchev–Trinajstić information content (AvgIpc) is 2.80. The summed E-state index contributed by atoms with van der Waals surface area (Å²) in [6.45, 7) is 1.77. The minimum atomic E-state index is -0.682. The molecule has 1 saturated heterocycles. The standard InChI is InChI=1S/C11H13N3O3/c1-14-3-2-7-6(5-14)4-8(17-7)9-10(15)13-11(16)12-9/h4,9H,2-3,5H2,1H3,(H2,12,13,15,16)/t9-/m0/s1. The lowest BCUT2D eigenvalue weighted by atomic mass is 10.1. The first-order valence-corrected chi connectivity index (χ1v) is 5.55. The van der Waals surface area contributed by atoms with Crippen molar-refractivity contribution >= 4 is 11.9 Å². The number of nitrogens with one attached hydrogen (secondary N) is 2. The third-order valence-electron chi connectivity index (χ3n) is 3.14. The summed E-state index contributed by atoms with van der Waals surface area (Å²) in [6.07, 6.45) is 0.841. The normalized spacial score (nSPS) is 24.4. The molecule has 2 aliphatic heterocycles. The van der Waals surface area contributed by atoms with Gasteiger partial charge in [-0.25, -0.2) is 4.79 Å². The molecule has 2 aliphatic rings. The van der Waals surface area contributed by atoms with Gasteiger partial charge in [0.1, 0.15) is 11.5 Å². The van der Waals surface area contributed by atoms with Crippen LogP contribution in [0.1, 0.15) is 23.1 Å². The van der Waals surface area contributed by atoms with Gasteiger partial charge in [-0.15, -0.1) is 0 Å². The first-order chi connectivity index (χ1) is 8.13. The molecule has 3 rings (SSSR count). The number of fused-ring (bicyclic) bond motifs is 1. The molecule has 6 nitrogen and oxygen atoms in total. The molecule has 1 fully saturated rings. The Hall–Kier alpha value is -1.82. The fourth-order valence-electron chi connectivity index (χ4n) is 2.26. The predicted molar refractivity (Wildman–Crippen MR) is 58.2 cm³/mol. The Kier molecular flexibility index (Phi) is 2.19. The molecule has 3 heterocycles. The molecule has 6 heteroatoms. The van der Waals surface area contributed by atoms with Crippen LogP contribution >= 0.6 is 0 Å². The van der Waals surface area contributed by atoms with Crippen molar-refractivity contribution in [2.45, 2.75) is 19.0 Å². The molecule has 0 unspecified atom stereocenters. The second kappa shape index (κ2) is 3.59. The van der Waals surface area contributed by atoms with Gasteiger partial charge in [0.25, 0.3) is 5.91 Å². The van der Waals surface area contributed by atoms with Crippen LogP contribution in [-0.2, 0) is 17.8 Å². The molecule has 3 amide bonds. The van der Waals surface area contributed by atoms with Gasteiger partial charge in [0.15, 0.2) is 6.04 Å². The van der Waals surface area contributed by atoms with Crippen LogP contribution in [0.4, 0.5) is 4.79 Å². The second-order valence-corrected chi connectivity index (χ2v) is 4.48. The first-order valence-electron chi connectivity index (χ1n) is 5.55. The molecule has 0 saturated carbocycles. The topological polar surface area (TPSA) is 74.6 Å². The van der Waals surface area contributed by atoms with E-state index in [4.69, 9.17) is 4.42 Å². The van der Waals surface area contributed by atoms with Crippen LogP contribution in [0.3, 0.4) is 0 Å². The number of hydrogen-bond donors (Lipinski definition) is 2. The number of rotatable bonds is 1. The summed E-state index contributed by atoms with van der Waals surface area (Å²) in [5.41, 5.74) is 1.10. The number of furan rings is 1. The van der Waals surface area contributed by atoms with E-state index in [0.29, 0.717) is 5.76 Å².